The number of fused-ring (bicyclic) bond motifs is 2. The molecule has 6 aromatic rings. The lowest BCUT2D eigenvalue weighted by atomic mass is 9.39. The van der Waals surface area contributed by atoms with Gasteiger partial charge in [0.15, 0.2) is 10.8 Å². The van der Waals surface area contributed by atoms with E-state index in [4.69, 9.17) is 30.0 Å². The van der Waals surface area contributed by atoms with Crippen molar-refractivity contribution in [3.63, 3.8) is 0 Å². The number of hydrogen-bond acceptors (Lipinski definition) is 20. The number of rotatable bonds is 36. The van der Waals surface area contributed by atoms with Crippen LogP contribution in [0.15, 0.2) is 91.1 Å². The van der Waals surface area contributed by atoms with Crippen molar-refractivity contribution in [2.24, 2.45) is 27.9 Å². The molecule has 4 atom stereocenters. The lowest BCUT2D eigenvalue weighted by Crippen LogP contribution is -2.64. The first-order valence-electron chi connectivity index (χ1n) is 36.6. The lowest BCUT2D eigenvalue weighted by molar-refractivity contribution is -0.248. The van der Waals surface area contributed by atoms with Gasteiger partial charge >= 0.3 is 18.1 Å². The molecule has 3 aromatic heterocycles. The number of para-hydroxylation sites is 1. The molecule has 0 saturated heterocycles. The Hall–Kier alpha value is -9.89. The van der Waals surface area contributed by atoms with Gasteiger partial charge in [0.05, 0.1) is 40.9 Å². The third kappa shape index (κ3) is 19.9. The minimum Gasteiger partial charge on any atom is -0.491 e. The SMILES string of the molecule is Cc1c(-c2ccc(N3CCc4c(OCCNC(=O)OCc5ccc(NC(=O)[C@H](CCCNC(N)=O)NC(=O)C(NC(=O)CCCCCN6C(=O)C=CC6=O)C(C)C)cc5)ccc(C(=O)Nc5nc6ccccc6s5)c4C3)nc2C(=O)O)cnn1CC12CC3(C)CC(C)(C1)CC(OCCN(C)CCS(=O)(=O)O)(C3)C2. The molecule has 30 nitrogen and oxygen atoms in total. The van der Waals surface area contributed by atoms with Crippen LogP contribution < -0.4 is 47.3 Å². The second-order valence-corrected chi connectivity index (χ2v) is 33.1. The smallest absolute Gasteiger partial charge is 0.407 e. The number of alkyl carbamates (subject to hydrolysis) is 1. The first-order valence-corrected chi connectivity index (χ1v) is 39.0. The highest BCUT2D eigenvalue weighted by Gasteiger charge is 2.66. The molecule has 4 aliphatic carbocycles. The van der Waals surface area contributed by atoms with E-state index < -0.39 is 58.0 Å². The third-order valence-electron chi connectivity index (χ3n) is 21.0. The zero-order valence-electron chi connectivity index (χ0n) is 61.7. The summed E-state index contributed by atoms with van der Waals surface area (Å²) in [6, 6.07) is 18.2. The van der Waals surface area contributed by atoms with Crippen LogP contribution in [0.2, 0.25) is 0 Å². The van der Waals surface area contributed by atoms with Crippen LogP contribution in [0.25, 0.3) is 21.3 Å². The van der Waals surface area contributed by atoms with E-state index in [1.807, 2.05) is 52.7 Å². The summed E-state index contributed by atoms with van der Waals surface area (Å²) in [5.74, 6) is -3.77. The number of carbonyl (C=O) groups is 9. The summed E-state index contributed by atoms with van der Waals surface area (Å²) in [5.41, 5.74) is 9.92. The summed E-state index contributed by atoms with van der Waals surface area (Å²) in [7, 11) is -2.27. The zero-order chi connectivity index (χ0) is 77.3. The second kappa shape index (κ2) is 33.7. The second-order valence-electron chi connectivity index (χ2n) is 30.4. The van der Waals surface area contributed by atoms with Gasteiger partial charge in [-0.2, -0.15) is 13.5 Å². The minimum absolute atomic E-state index is 0.0151. The number of nitrogens with one attached hydrogen (secondary N) is 6. The Morgan fingerprint density at radius 3 is 2.23 bits per heavy atom. The van der Waals surface area contributed by atoms with Crippen molar-refractivity contribution >= 4 is 102 Å². The summed E-state index contributed by atoms with van der Waals surface area (Å²) in [4.78, 5) is 131. The van der Waals surface area contributed by atoms with Crippen LogP contribution in [0.1, 0.15) is 148 Å². The number of unbranched alkanes of at least 4 members (excludes halogenated alkanes) is 2. The van der Waals surface area contributed by atoms with Crippen LogP contribution in [-0.2, 0) is 69.7 Å². The molecule has 2 aliphatic heterocycles. The Morgan fingerprint density at radius 1 is 0.787 bits per heavy atom. The van der Waals surface area contributed by atoms with Crippen LogP contribution in [0.4, 0.5) is 26.2 Å². The van der Waals surface area contributed by atoms with Gasteiger partial charge < -0.3 is 61.4 Å². The van der Waals surface area contributed by atoms with Crippen molar-refractivity contribution in [1.29, 1.82) is 0 Å². The molecule has 108 heavy (non-hydrogen) atoms. The summed E-state index contributed by atoms with van der Waals surface area (Å²) in [6.45, 7) is 12.7. The number of ether oxygens (including phenoxy) is 3. The predicted octanol–water partition coefficient (Wildman–Crippen LogP) is 8.14. The average Bonchev–Trinajstić information content (AvgIpc) is 0.865. The Morgan fingerprint density at radius 2 is 1.53 bits per heavy atom. The van der Waals surface area contributed by atoms with Crippen LogP contribution in [-0.4, -0.2) is 184 Å². The van der Waals surface area contributed by atoms with Gasteiger partial charge in [0, 0.05) is 98.0 Å². The number of hydrogen-bond donors (Lipinski definition) is 9. The quantitative estimate of drug-likeness (QED) is 0.0102. The summed E-state index contributed by atoms with van der Waals surface area (Å²) < 4.78 is 53.8. The number of nitrogens with two attached hydrogens (primary N) is 1. The van der Waals surface area contributed by atoms with E-state index in [2.05, 4.69) is 50.7 Å². The molecule has 4 saturated carbocycles. The van der Waals surface area contributed by atoms with Gasteiger partial charge in [-0.1, -0.05) is 69.7 Å². The average molecular weight is 1530 g/mol. The van der Waals surface area contributed by atoms with Gasteiger partial charge in [-0.25, -0.2) is 24.4 Å². The zero-order valence-corrected chi connectivity index (χ0v) is 63.3. The molecular formula is C76H96N14O16S2. The van der Waals surface area contributed by atoms with Gasteiger partial charge in [0.25, 0.3) is 27.8 Å². The molecule has 0 radical (unpaired) electrons. The number of likely N-dealkylation sites (N-methyl/N-ethyl adjacent to an activating group) is 1. The highest BCUT2D eigenvalue weighted by molar-refractivity contribution is 7.85. The monoisotopic (exact) mass is 1520 g/mol. The number of aromatic carboxylic acids is 1. The molecule has 10 N–H and O–H groups in total. The number of pyridine rings is 1. The maximum absolute atomic E-state index is 14.4. The Balaban J connectivity index is 0.701. The standard InChI is InChI=1S/C76H96N14O16S2/c1-47(2)64(85-61(91)16-8-7-11-30-89-62(92)25-26-63(89)93)68(96)82-57(14-12-28-78-70(77)99)67(95)81-50-19-17-49(18-20-50)39-105-72(100)79-29-34-104-58-23-21-53(66(94)86-71-83-56-13-9-10-15-59(56)107-71)55-38-88(31-27-51(55)58)60-24-22-52(65(84-60)69(97)98)54-37-80-90(48(54)3)46-75-41-73(4)40-74(5,42-75)44-76(43-73,45-75)106-35-32-87(6)33-36-108(101,102)103/h9-10,13,15,17-26,37,47,57,64H,7-8,11-12,14,16,27-36,38-46H2,1-6H3,(H,79,100)(H,81,95)(H,82,96)(H,85,91)(H,97,98)(H3,77,78,99)(H,83,86,94)(H,101,102,103)/t57-,64?,73?,74?,75?,76?/m0/s1. The third-order valence-corrected chi connectivity index (χ3v) is 22.6. The van der Waals surface area contributed by atoms with E-state index in [-0.39, 0.29) is 122 Å². The molecule has 6 aliphatic rings. The molecule has 0 spiro atoms. The molecule has 12 rings (SSSR count). The molecule has 4 fully saturated rings. The topological polar surface area (TPSA) is 407 Å². The van der Waals surface area contributed by atoms with Crippen LogP contribution in [0.3, 0.4) is 0 Å². The number of carbonyl (C=O) groups excluding carboxylic acids is 8. The van der Waals surface area contributed by atoms with E-state index in [0.29, 0.717) is 102 Å². The van der Waals surface area contributed by atoms with E-state index in [9.17, 15) is 61.2 Å². The van der Waals surface area contributed by atoms with Crippen LogP contribution >= 0.6 is 11.3 Å². The number of benzene rings is 3. The predicted molar refractivity (Wildman–Crippen MR) is 403 cm³/mol. The largest absolute Gasteiger partial charge is 0.491 e. The molecule has 4 bridgehead atoms. The van der Waals surface area contributed by atoms with E-state index in [1.54, 1.807) is 68.6 Å². The maximum atomic E-state index is 14.4. The highest BCUT2D eigenvalue weighted by Crippen LogP contribution is 2.72. The van der Waals surface area contributed by atoms with Crippen LogP contribution in [0, 0.1) is 29.1 Å². The van der Waals surface area contributed by atoms with Gasteiger partial charge in [0.1, 0.15) is 36.9 Å². The molecule has 578 valence electrons. The van der Waals surface area contributed by atoms with Crippen molar-refractivity contribution < 1.29 is 75.4 Å². The van der Waals surface area contributed by atoms with Gasteiger partial charge in [-0.05, 0) is 166 Å². The van der Waals surface area contributed by atoms with Gasteiger partial charge in [-0.3, -0.25) is 48.2 Å². The van der Waals surface area contributed by atoms with E-state index >= 15 is 0 Å². The number of carboxylic acids is 1. The molecule has 5 heterocycles. The number of urea groups is 1. The summed E-state index contributed by atoms with van der Waals surface area (Å²) in [5, 5.41) is 32.7. The van der Waals surface area contributed by atoms with E-state index in [0.717, 1.165) is 64.9 Å². The first kappa shape index (κ1) is 79.2. The number of aromatic nitrogens is 4. The Kier molecular flexibility index (Phi) is 24.7. The highest BCUT2D eigenvalue weighted by atomic mass is 32.2. The normalized spacial score (nSPS) is 20.5. The van der Waals surface area contributed by atoms with Crippen molar-refractivity contribution in [3.05, 3.63) is 125 Å². The minimum atomic E-state index is -4.09. The van der Waals surface area contributed by atoms with E-state index in [1.165, 1.54) is 23.5 Å². The number of primary amides is 1. The molecular weight excluding hydrogens is 1430 g/mol. The van der Waals surface area contributed by atoms with Gasteiger partial charge in [0.2, 0.25) is 17.7 Å². The number of anilines is 3. The number of nitrogens with zero attached hydrogens (tertiary/aromatic N) is 7. The molecule has 3 aromatic carbocycles. The molecule has 32 heteroatoms. The van der Waals surface area contributed by atoms with Crippen LogP contribution in [0.5, 0.6) is 5.75 Å². The fraction of sp³-hybridized carbons (Fsp3) is 0.500. The number of carboxylic acid groups (broad SMARTS) is 1. The van der Waals surface area contributed by atoms with Gasteiger partial charge in [-0.15, -0.1) is 0 Å². The first-order chi connectivity index (χ1) is 51.4. The van der Waals surface area contributed by atoms with Crippen molar-refractivity contribution in [2.45, 2.75) is 155 Å². The summed E-state index contributed by atoms with van der Waals surface area (Å²) >= 11 is 1.34. The maximum Gasteiger partial charge on any atom is 0.407 e. The Labute approximate surface area is 630 Å². The van der Waals surface area contributed by atoms with Crippen molar-refractivity contribution in [2.75, 3.05) is 80.8 Å². The molecule has 3 unspecified atom stereocenters. The fourth-order valence-electron chi connectivity index (χ4n) is 17.1. The molecule has 9 amide bonds. The Bertz CT molecular complexity index is 4470. The summed E-state index contributed by atoms with van der Waals surface area (Å²) in [6.07, 6.45) is 11.5. The number of amides is 9. The fourth-order valence-corrected chi connectivity index (χ4v) is 18.5. The lowest BCUT2D eigenvalue weighted by Gasteiger charge is -2.69. The number of thiazole rings is 1. The number of imide groups is 1. The van der Waals surface area contributed by atoms with Crippen molar-refractivity contribution in [3.8, 4) is 16.9 Å². The van der Waals surface area contributed by atoms with Crippen molar-refractivity contribution in [1.82, 2.24) is 50.8 Å².